The van der Waals surface area contributed by atoms with E-state index in [1.807, 2.05) is 18.7 Å². The maximum absolute atomic E-state index is 12.8. The van der Waals surface area contributed by atoms with Crippen LogP contribution in [0.4, 0.5) is 0 Å². The van der Waals surface area contributed by atoms with Crippen molar-refractivity contribution in [3.63, 3.8) is 0 Å². The summed E-state index contributed by atoms with van der Waals surface area (Å²) < 4.78 is 10.8. The van der Waals surface area contributed by atoms with E-state index >= 15 is 0 Å². The first kappa shape index (κ1) is 18.4. The summed E-state index contributed by atoms with van der Waals surface area (Å²) in [5.74, 6) is 0.152. The number of hydrogen-bond donors (Lipinski definition) is 1. The molecule has 1 fully saturated rings. The molecule has 2 unspecified atom stereocenters. The van der Waals surface area contributed by atoms with E-state index in [4.69, 9.17) is 15.2 Å². The van der Waals surface area contributed by atoms with Crippen LogP contribution in [0.2, 0.25) is 0 Å². The van der Waals surface area contributed by atoms with Crippen molar-refractivity contribution >= 4 is 5.91 Å². The molecule has 0 saturated heterocycles. The van der Waals surface area contributed by atoms with Gasteiger partial charge in [-0.1, -0.05) is 19.3 Å². The summed E-state index contributed by atoms with van der Waals surface area (Å²) in [5, 5.41) is 0. The van der Waals surface area contributed by atoms with Crippen LogP contribution in [-0.4, -0.2) is 56.4 Å². The normalized spacial score (nSPS) is 22.8. The zero-order valence-electron chi connectivity index (χ0n) is 13.7. The molecular formula is C16H32N2O3. The molecule has 1 rings (SSSR count). The van der Waals surface area contributed by atoms with Crippen LogP contribution in [0.5, 0.6) is 0 Å². The lowest BCUT2D eigenvalue weighted by molar-refractivity contribution is -0.138. The van der Waals surface area contributed by atoms with E-state index < -0.39 is 0 Å². The van der Waals surface area contributed by atoms with Gasteiger partial charge in [0.1, 0.15) is 0 Å². The van der Waals surface area contributed by atoms with Crippen molar-refractivity contribution in [2.75, 3.05) is 39.5 Å². The predicted octanol–water partition coefficient (Wildman–Crippen LogP) is 1.80. The first-order valence-corrected chi connectivity index (χ1v) is 8.40. The molecule has 21 heavy (non-hydrogen) atoms. The van der Waals surface area contributed by atoms with Crippen molar-refractivity contribution in [3.8, 4) is 0 Å². The van der Waals surface area contributed by atoms with E-state index in [1.165, 1.54) is 6.42 Å². The van der Waals surface area contributed by atoms with Crippen LogP contribution in [0.3, 0.4) is 0 Å². The summed E-state index contributed by atoms with van der Waals surface area (Å²) in [4.78, 5) is 14.7. The van der Waals surface area contributed by atoms with Crippen LogP contribution in [0.15, 0.2) is 0 Å². The molecule has 0 spiro atoms. The molecule has 2 atom stereocenters. The Morgan fingerprint density at radius 2 is 1.62 bits per heavy atom. The number of rotatable bonds is 9. The number of nitrogens with zero attached hydrogens (tertiary/aromatic N) is 1. The summed E-state index contributed by atoms with van der Waals surface area (Å²) in [5.41, 5.74) is 6.22. The Balaban J connectivity index is 2.57. The Kier molecular flexibility index (Phi) is 9.63. The lowest BCUT2D eigenvalue weighted by Crippen LogP contribution is -2.46. The molecule has 0 heterocycles. The van der Waals surface area contributed by atoms with Gasteiger partial charge in [-0.2, -0.15) is 0 Å². The van der Waals surface area contributed by atoms with Crippen molar-refractivity contribution in [3.05, 3.63) is 0 Å². The van der Waals surface area contributed by atoms with Gasteiger partial charge in [-0.15, -0.1) is 0 Å². The Hall–Kier alpha value is -0.650. The van der Waals surface area contributed by atoms with Gasteiger partial charge >= 0.3 is 0 Å². The van der Waals surface area contributed by atoms with Gasteiger partial charge in [0, 0.05) is 32.3 Å². The number of carbonyl (C=O) groups is 1. The highest BCUT2D eigenvalue weighted by molar-refractivity contribution is 5.79. The lowest BCUT2D eigenvalue weighted by Gasteiger charge is -2.29. The third kappa shape index (κ3) is 6.76. The van der Waals surface area contributed by atoms with E-state index in [-0.39, 0.29) is 17.9 Å². The average molecular weight is 300 g/mol. The molecule has 0 aliphatic heterocycles. The number of carbonyl (C=O) groups excluding carboxylic acids is 1. The minimum absolute atomic E-state index is 0.00156. The highest BCUT2D eigenvalue weighted by atomic mass is 16.5. The van der Waals surface area contributed by atoms with Gasteiger partial charge in [0.15, 0.2) is 0 Å². The third-order valence-electron chi connectivity index (χ3n) is 4.12. The molecule has 5 nitrogen and oxygen atoms in total. The highest BCUT2D eigenvalue weighted by Crippen LogP contribution is 2.24. The molecule has 1 saturated carbocycles. The van der Waals surface area contributed by atoms with Crippen LogP contribution in [-0.2, 0) is 14.3 Å². The van der Waals surface area contributed by atoms with Crippen molar-refractivity contribution < 1.29 is 14.3 Å². The maximum Gasteiger partial charge on any atom is 0.227 e. The molecule has 1 aliphatic rings. The second kappa shape index (κ2) is 11.0. The minimum atomic E-state index is -0.0317. The van der Waals surface area contributed by atoms with Crippen molar-refractivity contribution in [1.29, 1.82) is 0 Å². The molecule has 0 radical (unpaired) electrons. The maximum atomic E-state index is 12.8. The quantitative estimate of drug-likeness (QED) is 0.521. The smallest absolute Gasteiger partial charge is 0.227 e. The summed E-state index contributed by atoms with van der Waals surface area (Å²) in [6.45, 7) is 7.70. The first-order valence-electron chi connectivity index (χ1n) is 8.40. The van der Waals surface area contributed by atoms with Crippen LogP contribution in [0, 0.1) is 5.92 Å². The van der Waals surface area contributed by atoms with Crippen LogP contribution in [0.1, 0.15) is 46.0 Å². The van der Waals surface area contributed by atoms with Gasteiger partial charge in [0.05, 0.1) is 19.1 Å². The van der Waals surface area contributed by atoms with Crippen molar-refractivity contribution in [1.82, 2.24) is 4.90 Å². The van der Waals surface area contributed by atoms with Gasteiger partial charge in [0.2, 0.25) is 5.91 Å². The van der Waals surface area contributed by atoms with Gasteiger partial charge in [0.25, 0.3) is 0 Å². The van der Waals surface area contributed by atoms with E-state index in [0.717, 1.165) is 25.7 Å². The SMILES string of the molecule is CCOCCN(CCOCC)C(=O)C1CCCCCC1N. The van der Waals surface area contributed by atoms with Crippen LogP contribution in [0.25, 0.3) is 0 Å². The number of amides is 1. The second-order valence-corrected chi connectivity index (χ2v) is 5.63. The number of hydrogen-bond acceptors (Lipinski definition) is 4. The molecular weight excluding hydrogens is 268 g/mol. The van der Waals surface area contributed by atoms with Crippen molar-refractivity contribution in [2.45, 2.75) is 52.0 Å². The summed E-state index contributed by atoms with van der Waals surface area (Å²) in [6, 6.07) is 0.00156. The van der Waals surface area contributed by atoms with E-state index in [2.05, 4.69) is 0 Å². The summed E-state index contributed by atoms with van der Waals surface area (Å²) >= 11 is 0. The second-order valence-electron chi connectivity index (χ2n) is 5.63. The lowest BCUT2D eigenvalue weighted by atomic mass is 9.94. The van der Waals surface area contributed by atoms with Gasteiger partial charge < -0.3 is 20.1 Å². The highest BCUT2D eigenvalue weighted by Gasteiger charge is 2.30. The topological polar surface area (TPSA) is 64.8 Å². The Morgan fingerprint density at radius 3 is 2.19 bits per heavy atom. The molecule has 0 aromatic carbocycles. The van der Waals surface area contributed by atoms with Crippen LogP contribution >= 0.6 is 0 Å². The average Bonchev–Trinajstić information content (AvgIpc) is 2.70. The third-order valence-corrected chi connectivity index (χ3v) is 4.12. The molecule has 0 aromatic rings. The standard InChI is InChI=1S/C16H32N2O3/c1-3-20-12-10-18(11-13-21-4-2)16(19)14-8-6-5-7-9-15(14)17/h14-15H,3-13,17H2,1-2H3. The molecule has 1 amide bonds. The van der Waals surface area contributed by atoms with E-state index in [0.29, 0.717) is 39.5 Å². The zero-order chi connectivity index (χ0) is 15.5. The molecule has 5 heteroatoms. The Labute approximate surface area is 129 Å². The monoisotopic (exact) mass is 300 g/mol. The fourth-order valence-corrected chi connectivity index (χ4v) is 2.85. The Bertz CT molecular complexity index is 277. The first-order chi connectivity index (χ1) is 10.2. The van der Waals surface area contributed by atoms with Gasteiger partial charge in [-0.05, 0) is 26.7 Å². The Morgan fingerprint density at radius 1 is 1.05 bits per heavy atom. The zero-order valence-corrected chi connectivity index (χ0v) is 13.7. The number of ether oxygens (including phenoxy) is 2. The number of nitrogens with two attached hydrogens (primary N) is 1. The molecule has 124 valence electrons. The van der Waals surface area contributed by atoms with Crippen LogP contribution < -0.4 is 5.73 Å². The predicted molar refractivity (Wildman–Crippen MR) is 84.1 cm³/mol. The molecule has 0 bridgehead atoms. The summed E-state index contributed by atoms with van der Waals surface area (Å²) in [7, 11) is 0. The largest absolute Gasteiger partial charge is 0.380 e. The van der Waals surface area contributed by atoms with Gasteiger partial charge in [-0.3, -0.25) is 4.79 Å². The molecule has 0 aromatic heterocycles. The fraction of sp³-hybridized carbons (Fsp3) is 0.938. The fourth-order valence-electron chi connectivity index (χ4n) is 2.85. The minimum Gasteiger partial charge on any atom is -0.380 e. The summed E-state index contributed by atoms with van der Waals surface area (Å²) in [6.07, 6.45) is 5.31. The van der Waals surface area contributed by atoms with Crippen molar-refractivity contribution in [2.24, 2.45) is 11.7 Å². The van der Waals surface area contributed by atoms with Gasteiger partial charge in [-0.25, -0.2) is 0 Å². The molecule has 2 N–H and O–H groups in total. The molecule has 1 aliphatic carbocycles. The van der Waals surface area contributed by atoms with E-state index in [1.54, 1.807) is 0 Å². The van der Waals surface area contributed by atoms with E-state index in [9.17, 15) is 4.79 Å².